The second kappa shape index (κ2) is 5.45. The first-order chi connectivity index (χ1) is 7.43. The summed E-state index contributed by atoms with van der Waals surface area (Å²) in [5.41, 5.74) is 0. The summed E-state index contributed by atoms with van der Waals surface area (Å²) in [6.07, 6.45) is 0. The molecule has 1 rings (SSSR count). The van der Waals surface area contributed by atoms with E-state index in [1.165, 1.54) is 11.3 Å². The Kier molecular flexibility index (Phi) is 4.49. The Morgan fingerprint density at radius 2 is 2.12 bits per heavy atom. The largest absolute Gasteiger partial charge is 0.480 e. The van der Waals surface area contributed by atoms with E-state index in [0.717, 1.165) is 0 Å². The molecule has 1 amide bonds. The van der Waals surface area contributed by atoms with Crippen molar-refractivity contribution in [3.8, 4) is 0 Å². The SMILES string of the molecule is CC(C)C(NC(=O)c1sccc1Br)C(=O)O. The number of hydrogen-bond donors (Lipinski definition) is 2. The molecule has 88 valence electrons. The van der Waals surface area contributed by atoms with Gasteiger partial charge in [0.1, 0.15) is 10.9 Å². The van der Waals surface area contributed by atoms with Crippen LogP contribution < -0.4 is 5.32 Å². The van der Waals surface area contributed by atoms with Gasteiger partial charge in [0.05, 0.1) is 0 Å². The van der Waals surface area contributed by atoms with E-state index in [2.05, 4.69) is 21.2 Å². The van der Waals surface area contributed by atoms with Crippen molar-refractivity contribution in [2.45, 2.75) is 19.9 Å². The van der Waals surface area contributed by atoms with Crippen molar-refractivity contribution in [3.63, 3.8) is 0 Å². The van der Waals surface area contributed by atoms with Crippen molar-refractivity contribution in [1.82, 2.24) is 5.32 Å². The Labute approximate surface area is 106 Å². The van der Waals surface area contributed by atoms with Gasteiger partial charge in [-0.25, -0.2) is 4.79 Å². The summed E-state index contributed by atoms with van der Waals surface area (Å²) >= 11 is 4.50. The number of thiophene rings is 1. The lowest BCUT2D eigenvalue weighted by atomic mass is 10.0. The molecule has 0 saturated carbocycles. The summed E-state index contributed by atoms with van der Waals surface area (Å²) in [6.45, 7) is 3.51. The standard InChI is InChI=1S/C10H12BrNO3S/c1-5(2)7(10(14)15)12-9(13)8-6(11)3-4-16-8/h3-5,7H,1-2H3,(H,12,13)(H,14,15). The smallest absolute Gasteiger partial charge is 0.326 e. The highest BCUT2D eigenvalue weighted by atomic mass is 79.9. The van der Waals surface area contributed by atoms with Gasteiger partial charge in [-0.3, -0.25) is 4.79 Å². The molecule has 0 bridgehead atoms. The van der Waals surface area contributed by atoms with Gasteiger partial charge in [-0.1, -0.05) is 13.8 Å². The molecule has 1 heterocycles. The van der Waals surface area contributed by atoms with E-state index in [0.29, 0.717) is 9.35 Å². The van der Waals surface area contributed by atoms with Crippen LogP contribution in [0.5, 0.6) is 0 Å². The van der Waals surface area contributed by atoms with Crippen LogP contribution in [-0.2, 0) is 4.79 Å². The van der Waals surface area contributed by atoms with Crippen LogP contribution in [0.3, 0.4) is 0 Å². The molecular weight excluding hydrogens is 294 g/mol. The van der Waals surface area contributed by atoms with Crippen LogP contribution in [-0.4, -0.2) is 23.0 Å². The molecule has 0 aliphatic carbocycles. The van der Waals surface area contributed by atoms with Crippen LogP contribution in [0.15, 0.2) is 15.9 Å². The second-order valence-corrected chi connectivity index (χ2v) is 5.40. The molecule has 6 heteroatoms. The number of carbonyl (C=O) groups is 2. The molecule has 0 radical (unpaired) electrons. The van der Waals surface area contributed by atoms with Crippen LogP contribution in [0, 0.1) is 5.92 Å². The normalized spacial score (nSPS) is 12.5. The van der Waals surface area contributed by atoms with E-state index >= 15 is 0 Å². The lowest BCUT2D eigenvalue weighted by molar-refractivity contribution is -0.140. The highest BCUT2D eigenvalue weighted by molar-refractivity contribution is 9.10. The Morgan fingerprint density at radius 3 is 2.50 bits per heavy atom. The molecule has 1 aromatic heterocycles. The lowest BCUT2D eigenvalue weighted by Gasteiger charge is -2.17. The number of carboxylic acids is 1. The summed E-state index contributed by atoms with van der Waals surface area (Å²) in [7, 11) is 0. The number of hydrogen-bond acceptors (Lipinski definition) is 3. The van der Waals surface area contributed by atoms with Crippen LogP contribution in [0.1, 0.15) is 23.5 Å². The van der Waals surface area contributed by atoms with Gasteiger partial charge in [-0.05, 0) is 33.3 Å². The minimum atomic E-state index is -1.02. The molecule has 0 aromatic carbocycles. The van der Waals surface area contributed by atoms with Gasteiger partial charge >= 0.3 is 5.97 Å². The molecule has 1 unspecified atom stereocenters. The van der Waals surface area contributed by atoms with Gasteiger partial charge in [0.15, 0.2) is 0 Å². The summed E-state index contributed by atoms with van der Waals surface area (Å²) in [4.78, 5) is 23.2. The van der Waals surface area contributed by atoms with Crippen LogP contribution in [0.25, 0.3) is 0 Å². The third-order valence-corrected chi connectivity index (χ3v) is 3.88. The molecule has 0 aliphatic heterocycles. The molecule has 16 heavy (non-hydrogen) atoms. The Balaban J connectivity index is 2.77. The summed E-state index contributed by atoms with van der Waals surface area (Å²) in [5.74, 6) is -1.53. The zero-order valence-corrected chi connectivity index (χ0v) is 11.3. The Bertz CT molecular complexity index is 403. The van der Waals surface area contributed by atoms with Crippen LogP contribution in [0.2, 0.25) is 0 Å². The third kappa shape index (κ3) is 3.05. The van der Waals surface area contributed by atoms with E-state index in [9.17, 15) is 9.59 Å². The van der Waals surface area contributed by atoms with E-state index in [1.54, 1.807) is 25.3 Å². The molecule has 0 aliphatic rings. The molecule has 1 aromatic rings. The number of nitrogens with one attached hydrogen (secondary N) is 1. The fourth-order valence-electron chi connectivity index (χ4n) is 1.18. The maximum atomic E-state index is 11.8. The minimum absolute atomic E-state index is 0.153. The first-order valence-electron chi connectivity index (χ1n) is 4.70. The van der Waals surface area contributed by atoms with Crippen molar-refractivity contribution < 1.29 is 14.7 Å². The predicted octanol–water partition coefficient (Wildman–Crippen LogP) is 2.35. The van der Waals surface area contributed by atoms with Gasteiger partial charge in [0.25, 0.3) is 5.91 Å². The van der Waals surface area contributed by atoms with Crippen LogP contribution in [0.4, 0.5) is 0 Å². The van der Waals surface area contributed by atoms with Crippen molar-refractivity contribution in [2.24, 2.45) is 5.92 Å². The Hall–Kier alpha value is -0.880. The highest BCUT2D eigenvalue weighted by Crippen LogP contribution is 2.22. The number of aliphatic carboxylic acids is 1. The van der Waals surface area contributed by atoms with Gasteiger partial charge in [0, 0.05) is 4.47 Å². The number of carbonyl (C=O) groups excluding carboxylic acids is 1. The number of carboxylic acid groups (broad SMARTS) is 1. The quantitative estimate of drug-likeness (QED) is 0.897. The molecular formula is C10H12BrNO3S. The predicted molar refractivity (Wildman–Crippen MR) is 65.7 cm³/mol. The molecule has 0 saturated heterocycles. The fraction of sp³-hybridized carbons (Fsp3) is 0.400. The maximum absolute atomic E-state index is 11.8. The van der Waals surface area contributed by atoms with Gasteiger partial charge in [0.2, 0.25) is 0 Å². The number of halogens is 1. The second-order valence-electron chi connectivity index (χ2n) is 3.63. The average molecular weight is 306 g/mol. The van der Waals surface area contributed by atoms with E-state index in [1.807, 2.05) is 0 Å². The summed E-state index contributed by atoms with van der Waals surface area (Å²) < 4.78 is 0.683. The van der Waals surface area contributed by atoms with Crippen LogP contribution >= 0.6 is 27.3 Å². The molecule has 0 fully saturated rings. The fourth-order valence-corrected chi connectivity index (χ4v) is 2.63. The van der Waals surface area contributed by atoms with Crippen molar-refractivity contribution in [3.05, 3.63) is 20.8 Å². The van der Waals surface area contributed by atoms with Crippen molar-refractivity contribution in [1.29, 1.82) is 0 Å². The maximum Gasteiger partial charge on any atom is 0.326 e. The molecule has 0 spiro atoms. The third-order valence-electron chi connectivity index (χ3n) is 2.04. The zero-order valence-electron chi connectivity index (χ0n) is 8.86. The number of amides is 1. The van der Waals surface area contributed by atoms with E-state index < -0.39 is 12.0 Å². The van der Waals surface area contributed by atoms with Crippen molar-refractivity contribution in [2.75, 3.05) is 0 Å². The van der Waals surface area contributed by atoms with Gasteiger partial charge in [-0.2, -0.15) is 0 Å². The highest BCUT2D eigenvalue weighted by Gasteiger charge is 2.25. The van der Waals surface area contributed by atoms with Gasteiger partial charge in [-0.15, -0.1) is 11.3 Å². The summed E-state index contributed by atoms with van der Waals surface area (Å²) in [6, 6.07) is 0.895. The first-order valence-corrected chi connectivity index (χ1v) is 6.37. The summed E-state index contributed by atoms with van der Waals surface area (Å²) in [5, 5.41) is 13.2. The van der Waals surface area contributed by atoms with Gasteiger partial charge < -0.3 is 10.4 Å². The van der Waals surface area contributed by atoms with Crippen molar-refractivity contribution >= 4 is 39.1 Å². The topological polar surface area (TPSA) is 66.4 Å². The molecule has 4 nitrogen and oxygen atoms in total. The average Bonchev–Trinajstić information content (AvgIpc) is 2.59. The first kappa shape index (κ1) is 13.2. The van der Waals surface area contributed by atoms with E-state index in [4.69, 9.17) is 5.11 Å². The zero-order chi connectivity index (χ0) is 12.3. The van der Waals surface area contributed by atoms with E-state index in [-0.39, 0.29) is 11.8 Å². The molecule has 1 atom stereocenters. The lowest BCUT2D eigenvalue weighted by Crippen LogP contribution is -2.44. The Morgan fingerprint density at radius 1 is 1.50 bits per heavy atom. The number of rotatable bonds is 4. The monoisotopic (exact) mass is 305 g/mol. The minimum Gasteiger partial charge on any atom is -0.480 e. The molecule has 2 N–H and O–H groups in total.